The largest absolute Gasteiger partial charge is 0.481 e. The van der Waals surface area contributed by atoms with E-state index in [1.54, 1.807) is 11.3 Å². The third-order valence-corrected chi connectivity index (χ3v) is 6.02. The molecule has 0 fully saturated rings. The summed E-state index contributed by atoms with van der Waals surface area (Å²) in [7, 11) is 0. The van der Waals surface area contributed by atoms with Crippen molar-refractivity contribution in [1.29, 1.82) is 0 Å². The minimum Gasteiger partial charge on any atom is -0.481 e. The predicted molar refractivity (Wildman–Crippen MR) is 113 cm³/mol. The molecule has 146 valence electrons. The van der Waals surface area contributed by atoms with Crippen molar-refractivity contribution in [1.82, 2.24) is 4.98 Å². The lowest BCUT2D eigenvalue weighted by Gasteiger charge is -2.10. The number of nitrogens with one attached hydrogen (secondary N) is 1. The Morgan fingerprint density at radius 3 is 2.86 bits per heavy atom. The summed E-state index contributed by atoms with van der Waals surface area (Å²) in [5, 5.41) is 14.7. The van der Waals surface area contributed by atoms with Gasteiger partial charge in [0.2, 0.25) is 6.79 Å². The van der Waals surface area contributed by atoms with Crippen molar-refractivity contribution in [2.45, 2.75) is 19.4 Å². The van der Waals surface area contributed by atoms with Gasteiger partial charge in [-0.05, 0) is 29.8 Å². The minimum atomic E-state index is -0.821. The molecular weight excluding hydrogens is 388 g/mol. The molecule has 0 saturated carbocycles. The number of thiophene rings is 1. The van der Waals surface area contributed by atoms with Crippen molar-refractivity contribution >= 4 is 43.3 Å². The number of hydrogen-bond donors (Lipinski definition) is 2. The average molecular weight is 406 g/mol. The highest BCUT2D eigenvalue weighted by Gasteiger charge is 2.15. The number of anilines is 1. The van der Waals surface area contributed by atoms with Crippen molar-refractivity contribution in [3.63, 3.8) is 0 Å². The molecule has 2 N–H and O–H groups in total. The number of hydrogen-bond acceptors (Lipinski definition) is 6. The zero-order valence-electron chi connectivity index (χ0n) is 15.5. The number of aryl methyl sites for hydroxylation is 1. The molecule has 5 rings (SSSR count). The number of carboxylic acid groups (broad SMARTS) is 1. The van der Waals surface area contributed by atoms with Crippen LogP contribution >= 0.6 is 11.3 Å². The molecule has 0 radical (unpaired) electrons. The van der Waals surface area contributed by atoms with E-state index in [9.17, 15) is 4.79 Å². The first kappa shape index (κ1) is 17.8. The van der Waals surface area contributed by atoms with Crippen molar-refractivity contribution in [2.75, 3.05) is 12.1 Å². The second-order valence-corrected chi connectivity index (χ2v) is 7.95. The van der Waals surface area contributed by atoms with E-state index in [2.05, 4.69) is 17.4 Å². The standard InChI is InChI=1S/C22H18N2O4S/c25-20(26)8-6-14-10-19-21(15-3-1-2-4-18(15)29-19)22(24-14)23-11-13-5-7-16-17(9-13)28-12-27-16/h1-5,7,9-10H,6,8,11-12H2,(H,23,24)(H,25,26). The number of ether oxygens (including phenoxy) is 2. The Morgan fingerprint density at radius 1 is 1.10 bits per heavy atom. The molecule has 0 bridgehead atoms. The lowest BCUT2D eigenvalue weighted by Crippen LogP contribution is -2.05. The minimum absolute atomic E-state index is 0.0605. The molecule has 0 amide bonds. The number of pyridine rings is 1. The van der Waals surface area contributed by atoms with Gasteiger partial charge in [-0.3, -0.25) is 4.79 Å². The molecular formula is C22H18N2O4S. The maximum absolute atomic E-state index is 11.0. The van der Waals surface area contributed by atoms with Gasteiger partial charge in [0.1, 0.15) is 5.82 Å². The molecule has 1 aliphatic heterocycles. The summed E-state index contributed by atoms with van der Waals surface area (Å²) in [4.78, 5) is 15.8. The molecule has 1 aliphatic rings. The maximum atomic E-state index is 11.0. The van der Waals surface area contributed by atoms with Crippen LogP contribution in [-0.4, -0.2) is 22.9 Å². The highest BCUT2D eigenvalue weighted by atomic mass is 32.1. The molecule has 7 heteroatoms. The molecule has 0 saturated heterocycles. The van der Waals surface area contributed by atoms with Crippen LogP contribution in [-0.2, 0) is 17.8 Å². The molecule has 2 aromatic carbocycles. The topological polar surface area (TPSA) is 80.7 Å². The number of benzene rings is 2. The Balaban J connectivity index is 1.52. The molecule has 29 heavy (non-hydrogen) atoms. The summed E-state index contributed by atoms with van der Waals surface area (Å²) in [6.45, 7) is 0.826. The van der Waals surface area contributed by atoms with Gasteiger partial charge in [-0.25, -0.2) is 4.98 Å². The number of nitrogens with zero attached hydrogens (tertiary/aromatic N) is 1. The molecule has 2 aromatic heterocycles. The molecule has 0 aliphatic carbocycles. The van der Waals surface area contributed by atoms with E-state index in [1.165, 1.54) is 4.70 Å². The van der Waals surface area contributed by atoms with Gasteiger partial charge in [-0.1, -0.05) is 24.3 Å². The number of aliphatic carboxylic acids is 1. The van der Waals surface area contributed by atoms with Crippen LogP contribution in [0.4, 0.5) is 5.82 Å². The summed E-state index contributed by atoms with van der Waals surface area (Å²) in [6, 6.07) is 16.1. The second-order valence-electron chi connectivity index (χ2n) is 6.87. The van der Waals surface area contributed by atoms with Crippen LogP contribution in [0.25, 0.3) is 20.2 Å². The molecule has 0 unspecified atom stereocenters. The first-order valence-electron chi connectivity index (χ1n) is 9.33. The number of carboxylic acids is 1. The number of carbonyl (C=O) groups is 1. The Morgan fingerprint density at radius 2 is 1.97 bits per heavy atom. The maximum Gasteiger partial charge on any atom is 0.303 e. The van der Waals surface area contributed by atoms with E-state index in [0.29, 0.717) is 13.0 Å². The van der Waals surface area contributed by atoms with E-state index < -0.39 is 5.97 Å². The van der Waals surface area contributed by atoms with Crippen LogP contribution < -0.4 is 14.8 Å². The molecule has 4 aromatic rings. The fraction of sp³-hybridized carbons (Fsp3) is 0.182. The normalized spacial score (nSPS) is 12.6. The van der Waals surface area contributed by atoms with E-state index in [-0.39, 0.29) is 13.2 Å². The smallest absolute Gasteiger partial charge is 0.303 e. The van der Waals surface area contributed by atoms with Crippen molar-refractivity contribution in [2.24, 2.45) is 0 Å². The zero-order valence-corrected chi connectivity index (χ0v) is 16.3. The van der Waals surface area contributed by atoms with Crippen LogP contribution in [0.1, 0.15) is 17.7 Å². The van der Waals surface area contributed by atoms with Gasteiger partial charge in [-0.15, -0.1) is 11.3 Å². The van der Waals surface area contributed by atoms with Gasteiger partial charge in [0.25, 0.3) is 0 Å². The van der Waals surface area contributed by atoms with Gasteiger partial charge < -0.3 is 19.9 Å². The van der Waals surface area contributed by atoms with Gasteiger partial charge in [-0.2, -0.15) is 0 Å². The first-order chi connectivity index (χ1) is 14.2. The van der Waals surface area contributed by atoms with E-state index >= 15 is 0 Å². The third-order valence-electron chi connectivity index (χ3n) is 4.90. The summed E-state index contributed by atoms with van der Waals surface area (Å²) >= 11 is 1.70. The Bertz CT molecular complexity index is 1230. The van der Waals surface area contributed by atoms with Crippen LogP contribution in [0.2, 0.25) is 0 Å². The summed E-state index contributed by atoms with van der Waals surface area (Å²) in [5.41, 5.74) is 1.83. The van der Waals surface area contributed by atoms with E-state index in [1.807, 2.05) is 36.4 Å². The fourth-order valence-corrected chi connectivity index (χ4v) is 4.69. The highest BCUT2D eigenvalue weighted by molar-refractivity contribution is 7.25. The molecule has 0 spiro atoms. The Kier molecular flexibility index (Phi) is 4.44. The van der Waals surface area contributed by atoms with Crippen LogP contribution in [0, 0.1) is 0 Å². The van der Waals surface area contributed by atoms with Gasteiger partial charge in [0.15, 0.2) is 11.5 Å². The van der Waals surface area contributed by atoms with Crippen LogP contribution in [0.15, 0.2) is 48.5 Å². The van der Waals surface area contributed by atoms with Gasteiger partial charge >= 0.3 is 5.97 Å². The third kappa shape index (κ3) is 3.45. The van der Waals surface area contributed by atoms with Crippen molar-refractivity contribution < 1.29 is 19.4 Å². The number of rotatable bonds is 6. The van der Waals surface area contributed by atoms with Crippen LogP contribution in [0.3, 0.4) is 0 Å². The van der Waals surface area contributed by atoms with Gasteiger partial charge in [0.05, 0.1) is 6.42 Å². The summed E-state index contributed by atoms with van der Waals surface area (Å²) in [5.74, 6) is 1.46. The second kappa shape index (κ2) is 7.25. The molecule has 3 heterocycles. The monoisotopic (exact) mass is 406 g/mol. The Hall–Kier alpha value is -3.32. The first-order valence-corrected chi connectivity index (χ1v) is 10.1. The predicted octanol–water partition coefficient (Wildman–Crippen LogP) is 4.81. The highest BCUT2D eigenvalue weighted by Crippen LogP contribution is 2.38. The Labute approximate surface area is 170 Å². The number of fused-ring (bicyclic) bond motifs is 4. The van der Waals surface area contributed by atoms with E-state index in [4.69, 9.17) is 19.6 Å². The van der Waals surface area contributed by atoms with Crippen LogP contribution in [0.5, 0.6) is 11.5 Å². The lowest BCUT2D eigenvalue weighted by molar-refractivity contribution is -0.136. The van der Waals surface area contributed by atoms with Gasteiger partial charge in [0, 0.05) is 38.8 Å². The quantitative estimate of drug-likeness (QED) is 0.478. The number of aromatic nitrogens is 1. The van der Waals surface area contributed by atoms with Crippen molar-refractivity contribution in [3.8, 4) is 11.5 Å². The average Bonchev–Trinajstić information content (AvgIpc) is 3.34. The van der Waals surface area contributed by atoms with Crippen molar-refractivity contribution in [3.05, 3.63) is 59.8 Å². The molecule has 0 atom stereocenters. The fourth-order valence-electron chi connectivity index (χ4n) is 3.52. The lowest BCUT2D eigenvalue weighted by atomic mass is 10.1. The van der Waals surface area contributed by atoms with E-state index in [0.717, 1.165) is 44.0 Å². The summed E-state index contributed by atoms with van der Waals surface area (Å²) < 4.78 is 13.1. The summed E-state index contributed by atoms with van der Waals surface area (Å²) in [6.07, 6.45) is 0.462. The SMILES string of the molecule is O=C(O)CCc1cc2sc3ccccc3c2c(NCc2ccc3c(c2)OCO3)n1. The molecule has 6 nitrogen and oxygen atoms in total. The zero-order chi connectivity index (χ0) is 19.8.